The highest BCUT2D eigenvalue weighted by Gasteiger charge is 2.04. The molecule has 0 atom stereocenters. The van der Waals surface area contributed by atoms with Crippen molar-refractivity contribution in [3.05, 3.63) is 35.8 Å². The van der Waals surface area contributed by atoms with Gasteiger partial charge in [0.2, 0.25) is 0 Å². The van der Waals surface area contributed by atoms with Gasteiger partial charge >= 0.3 is 0 Å². The van der Waals surface area contributed by atoms with Crippen molar-refractivity contribution < 1.29 is 4.39 Å². The highest BCUT2D eigenvalue weighted by Crippen LogP contribution is 2.18. The summed E-state index contributed by atoms with van der Waals surface area (Å²) in [5.74, 6) is -0.0600. The van der Waals surface area contributed by atoms with Crippen molar-refractivity contribution in [3.8, 4) is 0 Å². The van der Waals surface area contributed by atoms with Gasteiger partial charge in [0, 0.05) is 0 Å². The van der Waals surface area contributed by atoms with Crippen molar-refractivity contribution in [2.24, 2.45) is 11.7 Å². The number of hydrogen-bond donors (Lipinski definition) is 1. The van der Waals surface area contributed by atoms with Crippen LogP contribution in [0.3, 0.4) is 0 Å². The third kappa shape index (κ3) is 3.37. The third-order valence-corrected chi connectivity index (χ3v) is 1.49. The maximum atomic E-state index is 13.2. The Bertz CT molecular complexity index is 212. The smallest absolute Gasteiger partial charge is 0.126 e. The Morgan fingerprint density at radius 3 is 2.25 bits per heavy atom. The van der Waals surface area contributed by atoms with Crippen LogP contribution < -0.4 is 5.73 Å². The summed E-state index contributed by atoms with van der Waals surface area (Å²) < 4.78 is 13.2. The first-order valence-electron chi connectivity index (χ1n) is 4.04. The standard InChI is InChI=1S/C10H16FN/c1-4-5-10(11)9(6-7-12)8(2)3/h4-8H,12H2,1-3H3/b5-4-,7-6-,10-9-. The molecule has 0 fully saturated rings. The number of nitrogens with two attached hydrogens (primary N) is 1. The Hall–Kier alpha value is -1.05. The second kappa shape index (κ2) is 5.58. The fourth-order valence-corrected chi connectivity index (χ4v) is 0.894. The normalized spacial score (nSPS) is 14.8. The van der Waals surface area contributed by atoms with Crippen molar-refractivity contribution in [3.63, 3.8) is 0 Å². The Kier molecular flexibility index (Phi) is 5.09. The molecule has 0 aromatic heterocycles. The molecule has 0 unspecified atom stereocenters. The number of rotatable bonds is 3. The van der Waals surface area contributed by atoms with E-state index in [9.17, 15) is 4.39 Å². The SMILES string of the molecule is C\C=C/C(F)=C(\C=C/N)C(C)C. The second-order valence-electron chi connectivity index (χ2n) is 2.82. The van der Waals surface area contributed by atoms with Gasteiger partial charge in [0.05, 0.1) is 0 Å². The van der Waals surface area contributed by atoms with Crippen molar-refractivity contribution in [1.82, 2.24) is 0 Å². The van der Waals surface area contributed by atoms with Crippen LogP contribution in [0.2, 0.25) is 0 Å². The number of hydrogen-bond acceptors (Lipinski definition) is 1. The lowest BCUT2D eigenvalue weighted by Gasteiger charge is -2.05. The van der Waals surface area contributed by atoms with E-state index in [1.54, 1.807) is 19.1 Å². The first kappa shape index (κ1) is 11.0. The number of halogens is 1. The summed E-state index contributed by atoms with van der Waals surface area (Å²) in [6.07, 6.45) is 6.07. The van der Waals surface area contributed by atoms with E-state index in [0.717, 1.165) is 0 Å². The molecule has 0 aliphatic rings. The second-order valence-corrected chi connectivity index (χ2v) is 2.82. The van der Waals surface area contributed by atoms with Gasteiger partial charge in [0.25, 0.3) is 0 Å². The molecular weight excluding hydrogens is 153 g/mol. The number of allylic oxidation sites excluding steroid dienone is 5. The Labute approximate surface area is 73.5 Å². The molecule has 0 rings (SSSR count). The topological polar surface area (TPSA) is 26.0 Å². The van der Waals surface area contributed by atoms with Gasteiger partial charge in [-0.15, -0.1) is 0 Å². The van der Waals surface area contributed by atoms with E-state index in [1.807, 2.05) is 13.8 Å². The molecule has 0 radical (unpaired) electrons. The monoisotopic (exact) mass is 169 g/mol. The van der Waals surface area contributed by atoms with Crippen molar-refractivity contribution in [1.29, 1.82) is 0 Å². The molecule has 0 spiro atoms. The molecule has 0 amide bonds. The molecule has 12 heavy (non-hydrogen) atoms. The van der Waals surface area contributed by atoms with Crippen LogP contribution in [-0.4, -0.2) is 0 Å². The summed E-state index contributed by atoms with van der Waals surface area (Å²) in [6.45, 7) is 5.64. The highest BCUT2D eigenvalue weighted by molar-refractivity contribution is 5.29. The van der Waals surface area contributed by atoms with E-state index in [1.165, 1.54) is 12.3 Å². The minimum atomic E-state index is -0.214. The van der Waals surface area contributed by atoms with Gasteiger partial charge in [-0.05, 0) is 36.8 Å². The lowest BCUT2D eigenvalue weighted by Crippen LogP contribution is -1.94. The van der Waals surface area contributed by atoms with Gasteiger partial charge in [-0.1, -0.05) is 19.9 Å². The van der Waals surface area contributed by atoms with Crippen LogP contribution in [-0.2, 0) is 0 Å². The lowest BCUT2D eigenvalue weighted by atomic mass is 10.0. The summed E-state index contributed by atoms with van der Waals surface area (Å²) in [5, 5.41) is 0. The molecule has 0 aliphatic heterocycles. The first-order chi connectivity index (χ1) is 5.63. The van der Waals surface area contributed by atoms with E-state index in [2.05, 4.69) is 0 Å². The Morgan fingerprint density at radius 2 is 1.92 bits per heavy atom. The molecule has 68 valence electrons. The molecular formula is C10H16FN. The van der Waals surface area contributed by atoms with Crippen molar-refractivity contribution in [2.45, 2.75) is 20.8 Å². The molecule has 0 aromatic carbocycles. The largest absolute Gasteiger partial charge is 0.405 e. The van der Waals surface area contributed by atoms with E-state index in [0.29, 0.717) is 5.57 Å². The van der Waals surface area contributed by atoms with Gasteiger partial charge in [0.1, 0.15) is 5.83 Å². The van der Waals surface area contributed by atoms with Gasteiger partial charge in [-0.25, -0.2) is 4.39 Å². The van der Waals surface area contributed by atoms with Gasteiger partial charge in [-0.3, -0.25) is 0 Å². The maximum absolute atomic E-state index is 13.2. The summed E-state index contributed by atoms with van der Waals surface area (Å²) in [5.41, 5.74) is 5.83. The average molecular weight is 169 g/mol. The zero-order chi connectivity index (χ0) is 9.56. The molecule has 2 heteroatoms. The predicted octanol–water partition coefficient (Wildman–Crippen LogP) is 2.91. The summed E-state index contributed by atoms with van der Waals surface area (Å²) in [4.78, 5) is 0. The summed E-state index contributed by atoms with van der Waals surface area (Å²) in [7, 11) is 0. The van der Waals surface area contributed by atoms with E-state index in [4.69, 9.17) is 5.73 Å². The third-order valence-electron chi connectivity index (χ3n) is 1.49. The zero-order valence-corrected chi connectivity index (χ0v) is 7.84. The minimum absolute atomic E-state index is 0.154. The molecule has 0 aliphatic carbocycles. The molecule has 1 nitrogen and oxygen atoms in total. The summed E-state index contributed by atoms with van der Waals surface area (Å²) in [6, 6.07) is 0. The summed E-state index contributed by atoms with van der Waals surface area (Å²) >= 11 is 0. The van der Waals surface area contributed by atoms with Gasteiger partial charge in [-0.2, -0.15) is 0 Å². The predicted molar refractivity (Wildman–Crippen MR) is 51.1 cm³/mol. The molecule has 2 N–H and O–H groups in total. The van der Waals surface area contributed by atoms with E-state index in [-0.39, 0.29) is 11.7 Å². The quantitative estimate of drug-likeness (QED) is 0.646. The van der Waals surface area contributed by atoms with Crippen LogP contribution in [0.4, 0.5) is 4.39 Å². The van der Waals surface area contributed by atoms with Crippen LogP contribution in [0.25, 0.3) is 0 Å². The molecule has 0 heterocycles. The van der Waals surface area contributed by atoms with Crippen LogP contribution in [0, 0.1) is 5.92 Å². The van der Waals surface area contributed by atoms with Crippen molar-refractivity contribution in [2.75, 3.05) is 0 Å². The van der Waals surface area contributed by atoms with Crippen LogP contribution in [0.1, 0.15) is 20.8 Å². The van der Waals surface area contributed by atoms with E-state index < -0.39 is 0 Å². The van der Waals surface area contributed by atoms with E-state index >= 15 is 0 Å². The molecule has 0 saturated carbocycles. The molecule has 0 bridgehead atoms. The molecule has 0 saturated heterocycles. The fourth-order valence-electron chi connectivity index (χ4n) is 0.894. The van der Waals surface area contributed by atoms with Crippen molar-refractivity contribution >= 4 is 0 Å². The van der Waals surface area contributed by atoms with Crippen LogP contribution in [0.5, 0.6) is 0 Å². The molecule has 0 aromatic rings. The van der Waals surface area contributed by atoms with Gasteiger partial charge < -0.3 is 5.73 Å². The van der Waals surface area contributed by atoms with Crippen LogP contribution in [0.15, 0.2) is 35.8 Å². The first-order valence-corrected chi connectivity index (χ1v) is 4.04. The van der Waals surface area contributed by atoms with Crippen LogP contribution >= 0.6 is 0 Å². The average Bonchev–Trinajstić information content (AvgIpc) is 1.99. The van der Waals surface area contributed by atoms with Gasteiger partial charge in [0.15, 0.2) is 0 Å². The Morgan fingerprint density at radius 1 is 1.33 bits per heavy atom. The minimum Gasteiger partial charge on any atom is -0.405 e. The maximum Gasteiger partial charge on any atom is 0.126 e. The zero-order valence-electron chi connectivity index (χ0n) is 7.84. The fraction of sp³-hybridized carbons (Fsp3) is 0.400. The highest BCUT2D eigenvalue weighted by atomic mass is 19.1. The lowest BCUT2D eigenvalue weighted by molar-refractivity contribution is 0.628. The Balaban J connectivity index is 4.79.